The van der Waals surface area contributed by atoms with E-state index < -0.39 is 5.41 Å². The fourth-order valence-electron chi connectivity index (χ4n) is 3.15. The number of nitrogens with zero attached hydrogens (tertiary/aromatic N) is 2. The first-order valence-electron chi connectivity index (χ1n) is 6.86. The van der Waals surface area contributed by atoms with Gasteiger partial charge >= 0.3 is 0 Å². The van der Waals surface area contributed by atoms with Gasteiger partial charge in [0.25, 0.3) is 0 Å². The summed E-state index contributed by atoms with van der Waals surface area (Å²) in [5.74, 6) is 0.525. The van der Waals surface area contributed by atoms with Crippen LogP contribution in [0.5, 0.6) is 0 Å². The lowest BCUT2D eigenvalue weighted by atomic mass is 9.62. The minimum Gasteiger partial charge on any atom is -0.375 e. The van der Waals surface area contributed by atoms with Crippen molar-refractivity contribution in [2.75, 3.05) is 13.2 Å². The van der Waals surface area contributed by atoms with Crippen molar-refractivity contribution in [1.29, 1.82) is 5.26 Å². The monoisotopic (exact) mass is 250 g/mol. The summed E-state index contributed by atoms with van der Waals surface area (Å²) in [6.45, 7) is 7.36. The topological polar surface area (TPSA) is 53.3 Å². The van der Waals surface area contributed by atoms with Crippen molar-refractivity contribution >= 4 is 5.91 Å². The summed E-state index contributed by atoms with van der Waals surface area (Å²) in [6.07, 6.45) is 2.38. The van der Waals surface area contributed by atoms with Gasteiger partial charge in [0.15, 0.2) is 0 Å². The van der Waals surface area contributed by atoms with E-state index in [2.05, 4.69) is 19.9 Å². The van der Waals surface area contributed by atoms with Crippen molar-refractivity contribution in [2.24, 2.45) is 11.3 Å². The van der Waals surface area contributed by atoms with Crippen LogP contribution in [0.1, 0.15) is 40.0 Å². The third-order valence-electron chi connectivity index (χ3n) is 4.22. The molecule has 4 heteroatoms. The molecule has 2 atom stereocenters. The Morgan fingerprint density at radius 1 is 1.50 bits per heavy atom. The summed E-state index contributed by atoms with van der Waals surface area (Å²) in [7, 11) is 0. The normalized spacial score (nSPS) is 39.9. The van der Waals surface area contributed by atoms with E-state index in [4.69, 9.17) is 4.74 Å². The summed E-state index contributed by atoms with van der Waals surface area (Å²) in [5.41, 5.74) is -0.746. The molecule has 2 aliphatic rings. The molecule has 0 aromatic heterocycles. The first kappa shape index (κ1) is 13.4. The molecule has 0 N–H and O–H groups in total. The molecule has 1 amide bonds. The second-order valence-corrected chi connectivity index (χ2v) is 5.87. The zero-order chi connectivity index (χ0) is 13.3. The van der Waals surface area contributed by atoms with Crippen LogP contribution in [0.3, 0.4) is 0 Å². The second-order valence-electron chi connectivity index (χ2n) is 5.87. The van der Waals surface area contributed by atoms with Gasteiger partial charge in [0, 0.05) is 6.54 Å². The van der Waals surface area contributed by atoms with Gasteiger partial charge in [-0.05, 0) is 32.1 Å². The van der Waals surface area contributed by atoms with Crippen LogP contribution in [0.2, 0.25) is 0 Å². The van der Waals surface area contributed by atoms with E-state index in [0.717, 1.165) is 6.42 Å². The van der Waals surface area contributed by atoms with Gasteiger partial charge in [-0.3, -0.25) is 4.79 Å². The Hall–Kier alpha value is -1.08. The molecule has 4 nitrogen and oxygen atoms in total. The summed E-state index contributed by atoms with van der Waals surface area (Å²) in [4.78, 5) is 14.5. The lowest BCUT2D eigenvalue weighted by molar-refractivity contribution is -0.158. The summed E-state index contributed by atoms with van der Waals surface area (Å²) in [5, 5.41) is 9.35. The van der Waals surface area contributed by atoms with Crippen LogP contribution >= 0.6 is 0 Å². The number of rotatable bonds is 2. The van der Waals surface area contributed by atoms with E-state index in [-0.39, 0.29) is 18.1 Å². The van der Waals surface area contributed by atoms with Crippen LogP contribution in [-0.2, 0) is 9.53 Å². The van der Waals surface area contributed by atoms with Crippen molar-refractivity contribution in [2.45, 2.75) is 52.2 Å². The van der Waals surface area contributed by atoms with Gasteiger partial charge in [-0.25, -0.2) is 0 Å². The molecule has 100 valence electrons. The van der Waals surface area contributed by atoms with E-state index in [1.54, 1.807) is 0 Å². The minimum absolute atomic E-state index is 0.0325. The number of amides is 1. The van der Waals surface area contributed by atoms with E-state index >= 15 is 0 Å². The zero-order valence-electron chi connectivity index (χ0n) is 11.5. The van der Waals surface area contributed by atoms with Crippen LogP contribution in [0, 0.1) is 22.7 Å². The number of morpholine rings is 1. The van der Waals surface area contributed by atoms with E-state index in [0.29, 0.717) is 31.9 Å². The third-order valence-corrected chi connectivity index (χ3v) is 4.22. The van der Waals surface area contributed by atoms with Crippen LogP contribution < -0.4 is 0 Å². The molecule has 0 aromatic carbocycles. The lowest BCUT2D eigenvalue weighted by Gasteiger charge is -2.46. The van der Waals surface area contributed by atoms with Crippen LogP contribution in [0.4, 0.5) is 0 Å². The van der Waals surface area contributed by atoms with E-state index in [1.165, 1.54) is 0 Å². The molecular formula is C14H22N2O2. The number of carbonyl (C=O) groups excluding carboxylic acids is 1. The van der Waals surface area contributed by atoms with Gasteiger partial charge in [0.05, 0.1) is 24.8 Å². The number of ether oxygens (including phenoxy) is 1. The van der Waals surface area contributed by atoms with Gasteiger partial charge in [-0.2, -0.15) is 5.26 Å². The predicted octanol–water partition coefficient (Wildman–Crippen LogP) is 1.95. The molecule has 0 aromatic rings. The van der Waals surface area contributed by atoms with Crippen molar-refractivity contribution in [3.63, 3.8) is 0 Å². The molecule has 0 radical (unpaired) electrons. The van der Waals surface area contributed by atoms with E-state index in [1.807, 2.05) is 11.8 Å². The maximum absolute atomic E-state index is 12.6. The SMILES string of the molecule is CCC1COC(C)CN1C(=O)C1(C#N)CC(C)C1. The quantitative estimate of drug-likeness (QED) is 0.752. The Balaban J connectivity index is 2.13. The Kier molecular flexibility index (Phi) is 3.63. The maximum atomic E-state index is 12.6. The Morgan fingerprint density at radius 2 is 2.17 bits per heavy atom. The molecule has 2 unspecified atom stereocenters. The highest BCUT2D eigenvalue weighted by molar-refractivity contribution is 5.87. The Morgan fingerprint density at radius 3 is 2.67 bits per heavy atom. The first-order valence-corrected chi connectivity index (χ1v) is 6.86. The zero-order valence-corrected chi connectivity index (χ0v) is 11.5. The van der Waals surface area contributed by atoms with Gasteiger partial charge < -0.3 is 9.64 Å². The largest absolute Gasteiger partial charge is 0.375 e. The molecule has 1 heterocycles. The highest BCUT2D eigenvalue weighted by Gasteiger charge is 2.52. The molecule has 2 fully saturated rings. The van der Waals surface area contributed by atoms with Crippen LogP contribution in [0.15, 0.2) is 0 Å². The van der Waals surface area contributed by atoms with Gasteiger partial charge in [-0.1, -0.05) is 13.8 Å². The molecule has 0 bridgehead atoms. The number of hydrogen-bond donors (Lipinski definition) is 0. The summed E-state index contributed by atoms with van der Waals surface area (Å²) in [6, 6.07) is 2.40. The Labute approximate surface area is 109 Å². The molecule has 1 saturated carbocycles. The van der Waals surface area contributed by atoms with Crippen LogP contribution in [0.25, 0.3) is 0 Å². The lowest BCUT2D eigenvalue weighted by Crippen LogP contribution is -2.58. The summed E-state index contributed by atoms with van der Waals surface area (Å²) < 4.78 is 5.60. The highest BCUT2D eigenvalue weighted by atomic mass is 16.5. The van der Waals surface area contributed by atoms with Crippen molar-refractivity contribution in [1.82, 2.24) is 4.90 Å². The molecule has 1 aliphatic carbocycles. The van der Waals surface area contributed by atoms with Crippen molar-refractivity contribution < 1.29 is 9.53 Å². The van der Waals surface area contributed by atoms with Gasteiger partial charge in [0.1, 0.15) is 5.41 Å². The summed E-state index contributed by atoms with van der Waals surface area (Å²) >= 11 is 0. The standard InChI is InChI=1S/C14H22N2O2/c1-4-12-8-18-11(3)7-16(12)13(17)14(9-15)5-10(2)6-14/h10-12H,4-8H2,1-3H3. The van der Waals surface area contributed by atoms with E-state index in [9.17, 15) is 10.1 Å². The molecule has 18 heavy (non-hydrogen) atoms. The average Bonchev–Trinajstić information content (AvgIpc) is 2.33. The predicted molar refractivity (Wildman–Crippen MR) is 67.7 cm³/mol. The van der Waals surface area contributed by atoms with Crippen molar-refractivity contribution in [3.8, 4) is 6.07 Å². The smallest absolute Gasteiger partial charge is 0.243 e. The maximum Gasteiger partial charge on any atom is 0.243 e. The molecule has 0 spiro atoms. The number of hydrogen-bond acceptors (Lipinski definition) is 3. The van der Waals surface area contributed by atoms with Gasteiger partial charge in [0.2, 0.25) is 5.91 Å². The van der Waals surface area contributed by atoms with Gasteiger partial charge in [-0.15, -0.1) is 0 Å². The minimum atomic E-state index is -0.746. The van der Waals surface area contributed by atoms with Crippen LogP contribution in [-0.4, -0.2) is 36.1 Å². The second kappa shape index (κ2) is 4.89. The highest BCUT2D eigenvalue weighted by Crippen LogP contribution is 2.46. The fraction of sp³-hybridized carbons (Fsp3) is 0.857. The average molecular weight is 250 g/mol. The first-order chi connectivity index (χ1) is 8.52. The molecule has 1 saturated heterocycles. The molecular weight excluding hydrogens is 228 g/mol. The van der Waals surface area contributed by atoms with Crippen molar-refractivity contribution in [3.05, 3.63) is 0 Å². The number of carbonyl (C=O) groups is 1. The third kappa shape index (κ3) is 2.12. The fourth-order valence-corrected chi connectivity index (χ4v) is 3.15. The number of nitriles is 1. The Bertz CT molecular complexity index is 368. The molecule has 1 aliphatic heterocycles. The molecule has 2 rings (SSSR count).